The number of nitrogens with one attached hydrogen (secondary N) is 1. The summed E-state index contributed by atoms with van der Waals surface area (Å²) < 4.78 is 8.61. The summed E-state index contributed by atoms with van der Waals surface area (Å²) in [6.45, 7) is 11.3. The van der Waals surface area contributed by atoms with Gasteiger partial charge in [0.05, 0.1) is 22.5 Å². The van der Waals surface area contributed by atoms with Crippen molar-refractivity contribution in [1.82, 2.24) is 14.8 Å². The average molecular weight is 477 g/mol. The Morgan fingerprint density at radius 2 is 1.94 bits per heavy atom. The molecule has 1 amide bonds. The molecule has 0 unspecified atom stereocenters. The number of aryl methyl sites for hydroxylation is 1. The van der Waals surface area contributed by atoms with E-state index in [4.69, 9.17) is 9.72 Å². The number of hydrogen-bond acceptors (Lipinski definition) is 5. The second-order valence-corrected chi connectivity index (χ2v) is 10.6. The molecule has 0 saturated heterocycles. The van der Waals surface area contributed by atoms with Crippen LogP contribution in [0.15, 0.2) is 48.5 Å². The van der Waals surface area contributed by atoms with Crippen molar-refractivity contribution in [3.8, 4) is 10.9 Å². The lowest BCUT2D eigenvalue weighted by Crippen LogP contribution is -2.15. The van der Waals surface area contributed by atoms with Gasteiger partial charge in [-0.1, -0.05) is 64.0 Å². The number of amides is 1. The van der Waals surface area contributed by atoms with Gasteiger partial charge in [-0.2, -0.15) is 9.78 Å². The van der Waals surface area contributed by atoms with Crippen LogP contribution in [0.2, 0.25) is 0 Å². The number of nitrogens with zero attached hydrogens (tertiary/aromatic N) is 3. The molecule has 2 heterocycles. The molecular weight excluding hydrogens is 444 g/mol. The van der Waals surface area contributed by atoms with E-state index in [1.54, 1.807) is 28.2 Å². The number of aromatic nitrogens is 3. The van der Waals surface area contributed by atoms with E-state index in [1.165, 1.54) is 5.56 Å². The molecule has 0 aliphatic heterocycles. The molecule has 2 aromatic heterocycles. The monoisotopic (exact) mass is 476 g/mol. The van der Waals surface area contributed by atoms with Crippen molar-refractivity contribution in [3.63, 3.8) is 0 Å². The number of carbonyl (C=O) groups is 1. The fourth-order valence-corrected chi connectivity index (χ4v) is 4.63. The second-order valence-electron chi connectivity index (χ2n) is 9.55. The quantitative estimate of drug-likeness (QED) is 0.281. The van der Waals surface area contributed by atoms with Gasteiger partial charge in [0.2, 0.25) is 5.13 Å². The van der Waals surface area contributed by atoms with Crippen LogP contribution in [0.4, 0.5) is 5.82 Å². The molecule has 0 atom stereocenters. The number of thiazole rings is 1. The normalized spacial score (nSPS) is 11.7. The zero-order valence-electron chi connectivity index (χ0n) is 20.5. The molecule has 0 aliphatic carbocycles. The number of unbranched alkanes of at least 4 members (excludes halogenated alkanes) is 2. The minimum atomic E-state index is -0.212. The van der Waals surface area contributed by atoms with Crippen LogP contribution < -0.4 is 10.1 Å². The van der Waals surface area contributed by atoms with Crippen LogP contribution in [-0.4, -0.2) is 27.3 Å². The van der Waals surface area contributed by atoms with E-state index in [1.807, 2.05) is 25.1 Å². The van der Waals surface area contributed by atoms with E-state index in [-0.39, 0.29) is 11.3 Å². The molecule has 6 nitrogen and oxygen atoms in total. The van der Waals surface area contributed by atoms with Crippen molar-refractivity contribution in [2.24, 2.45) is 0 Å². The summed E-state index contributed by atoms with van der Waals surface area (Å²) in [5.74, 6) is 1.08. The summed E-state index contributed by atoms with van der Waals surface area (Å²) in [5.41, 5.74) is 3.59. The number of hydrogen-bond donors (Lipinski definition) is 1. The first-order chi connectivity index (χ1) is 16.2. The number of rotatable bonds is 8. The zero-order chi connectivity index (χ0) is 24.3. The van der Waals surface area contributed by atoms with Crippen LogP contribution in [0.3, 0.4) is 0 Å². The van der Waals surface area contributed by atoms with E-state index in [0.29, 0.717) is 23.7 Å². The number of anilines is 1. The fraction of sp³-hybridized carbons (Fsp3) is 0.370. The van der Waals surface area contributed by atoms with Crippen molar-refractivity contribution in [2.45, 2.75) is 59.3 Å². The smallest absolute Gasteiger partial charge is 0.256 e. The Labute approximate surface area is 205 Å². The van der Waals surface area contributed by atoms with Crippen LogP contribution in [0.25, 0.3) is 15.3 Å². The summed E-state index contributed by atoms with van der Waals surface area (Å²) in [6, 6.07) is 15.5. The average Bonchev–Trinajstić information content (AvgIpc) is 3.38. The van der Waals surface area contributed by atoms with E-state index >= 15 is 0 Å². The second kappa shape index (κ2) is 9.97. The Bertz CT molecular complexity index is 1300. The topological polar surface area (TPSA) is 69.0 Å². The lowest BCUT2D eigenvalue weighted by atomic mass is 9.87. The van der Waals surface area contributed by atoms with E-state index in [9.17, 15) is 4.79 Å². The van der Waals surface area contributed by atoms with Crippen LogP contribution in [0.1, 0.15) is 68.6 Å². The molecule has 7 heteroatoms. The third-order valence-corrected chi connectivity index (χ3v) is 6.60. The van der Waals surface area contributed by atoms with Gasteiger partial charge in [0.15, 0.2) is 0 Å². The first-order valence-corrected chi connectivity index (χ1v) is 12.6. The van der Waals surface area contributed by atoms with Crippen molar-refractivity contribution in [2.75, 3.05) is 11.9 Å². The Hall–Kier alpha value is -3.19. The van der Waals surface area contributed by atoms with Crippen LogP contribution in [0.5, 0.6) is 5.75 Å². The number of ether oxygens (including phenoxy) is 1. The molecule has 0 radical (unpaired) electrons. The predicted molar refractivity (Wildman–Crippen MR) is 140 cm³/mol. The Morgan fingerprint density at radius 3 is 2.71 bits per heavy atom. The first-order valence-electron chi connectivity index (χ1n) is 11.8. The highest BCUT2D eigenvalue weighted by Gasteiger charge is 2.18. The minimum absolute atomic E-state index is 0.0635. The highest BCUT2D eigenvalue weighted by atomic mass is 32.1. The summed E-state index contributed by atoms with van der Waals surface area (Å²) in [7, 11) is 0. The molecule has 4 rings (SSSR count). The van der Waals surface area contributed by atoms with Crippen LogP contribution >= 0.6 is 11.3 Å². The maximum absolute atomic E-state index is 13.0. The molecule has 0 saturated carbocycles. The number of fused-ring (bicyclic) bond motifs is 1. The van der Waals surface area contributed by atoms with Crippen molar-refractivity contribution >= 4 is 33.3 Å². The van der Waals surface area contributed by atoms with Gasteiger partial charge in [0, 0.05) is 11.6 Å². The molecule has 0 spiro atoms. The van der Waals surface area contributed by atoms with Crippen LogP contribution in [0, 0.1) is 6.92 Å². The van der Waals surface area contributed by atoms with Crippen LogP contribution in [-0.2, 0) is 5.41 Å². The molecule has 2 aromatic carbocycles. The maximum Gasteiger partial charge on any atom is 0.256 e. The van der Waals surface area contributed by atoms with E-state index in [0.717, 1.165) is 40.3 Å². The van der Waals surface area contributed by atoms with Gasteiger partial charge in [0.1, 0.15) is 11.6 Å². The lowest BCUT2D eigenvalue weighted by Gasteiger charge is -2.18. The minimum Gasteiger partial charge on any atom is -0.494 e. The maximum atomic E-state index is 13.0. The highest BCUT2D eigenvalue weighted by molar-refractivity contribution is 7.20. The molecule has 0 bridgehead atoms. The Balaban J connectivity index is 1.56. The molecule has 0 fully saturated rings. The summed E-state index contributed by atoms with van der Waals surface area (Å²) in [5, 5.41) is 8.32. The van der Waals surface area contributed by atoms with Gasteiger partial charge in [-0.25, -0.2) is 4.98 Å². The van der Waals surface area contributed by atoms with Crippen molar-refractivity contribution in [3.05, 3.63) is 65.4 Å². The number of carbonyl (C=O) groups excluding carboxylic acids is 1. The fourth-order valence-electron chi connectivity index (χ4n) is 3.66. The van der Waals surface area contributed by atoms with Crippen molar-refractivity contribution < 1.29 is 9.53 Å². The van der Waals surface area contributed by atoms with E-state index < -0.39 is 0 Å². The predicted octanol–water partition coefficient (Wildman–Crippen LogP) is 6.91. The molecule has 4 aromatic rings. The van der Waals surface area contributed by atoms with Gasteiger partial charge in [-0.3, -0.25) is 4.79 Å². The van der Waals surface area contributed by atoms with Gasteiger partial charge in [-0.15, -0.1) is 0 Å². The van der Waals surface area contributed by atoms with Gasteiger partial charge in [0.25, 0.3) is 5.91 Å². The van der Waals surface area contributed by atoms with Crippen molar-refractivity contribution in [1.29, 1.82) is 0 Å². The molecule has 34 heavy (non-hydrogen) atoms. The standard InChI is InChI=1S/C27H32N4O2S/c1-6-7-8-14-33-21-11-9-10-19(16-21)25(32)29-24-15-18(2)30-31(24)26-28-22-13-12-20(27(3,4)5)17-23(22)34-26/h9-13,15-17H,6-8,14H2,1-5H3,(H,29,32). The molecular formula is C27H32N4O2S. The molecule has 0 aliphatic rings. The zero-order valence-corrected chi connectivity index (χ0v) is 21.3. The molecule has 1 N–H and O–H groups in total. The lowest BCUT2D eigenvalue weighted by molar-refractivity contribution is 0.102. The van der Waals surface area contributed by atoms with Gasteiger partial charge in [-0.05, 0) is 54.7 Å². The third-order valence-electron chi connectivity index (χ3n) is 5.61. The van der Waals surface area contributed by atoms with E-state index in [2.05, 4.69) is 56.3 Å². The Morgan fingerprint density at radius 1 is 1.12 bits per heavy atom. The number of benzene rings is 2. The highest BCUT2D eigenvalue weighted by Crippen LogP contribution is 2.31. The summed E-state index contributed by atoms with van der Waals surface area (Å²) >= 11 is 1.56. The Kier molecular flexibility index (Phi) is 7.03. The largest absolute Gasteiger partial charge is 0.494 e. The molecule has 178 valence electrons. The third kappa shape index (κ3) is 5.47. The summed E-state index contributed by atoms with van der Waals surface area (Å²) in [4.78, 5) is 17.8. The SMILES string of the molecule is CCCCCOc1cccc(C(=O)Nc2cc(C)nn2-c2nc3ccc(C(C)(C)C)cc3s2)c1. The van der Waals surface area contributed by atoms with Gasteiger partial charge >= 0.3 is 0 Å². The van der Waals surface area contributed by atoms with Gasteiger partial charge < -0.3 is 10.1 Å². The first kappa shape index (κ1) is 24.0. The summed E-state index contributed by atoms with van der Waals surface area (Å²) in [6.07, 6.45) is 3.28.